The molecule has 0 bridgehead atoms. The van der Waals surface area contributed by atoms with Gasteiger partial charge in [0, 0.05) is 19.3 Å². The van der Waals surface area contributed by atoms with Crippen molar-refractivity contribution in [3.05, 3.63) is 0 Å². The summed E-state index contributed by atoms with van der Waals surface area (Å²) in [7, 11) is 0. The molecule has 0 aromatic heterocycles. The SMILES string of the molecule is CCCCCCCCCCCCCCCCCCCC(=O)OCC(COC(=O)CCCCCCC)OC(=O)CCCCCCCCCCCCCCCC. The number of hydrogen-bond donors (Lipinski definition) is 0. The van der Waals surface area contributed by atoms with E-state index in [4.69, 9.17) is 14.2 Å². The highest BCUT2D eigenvalue weighted by Crippen LogP contribution is 2.16. The molecule has 6 heteroatoms. The van der Waals surface area contributed by atoms with E-state index in [2.05, 4.69) is 20.8 Å². The van der Waals surface area contributed by atoms with Crippen molar-refractivity contribution >= 4 is 17.9 Å². The minimum Gasteiger partial charge on any atom is -0.462 e. The third kappa shape index (κ3) is 41.6. The Balaban J connectivity index is 4.13. The summed E-state index contributed by atoms with van der Waals surface area (Å²) in [4.78, 5) is 37.5. The van der Waals surface area contributed by atoms with Crippen LogP contribution in [0.25, 0.3) is 0 Å². The zero-order valence-corrected chi connectivity index (χ0v) is 36.5. The molecule has 0 aromatic rings. The number of carbonyl (C=O) groups is 3. The van der Waals surface area contributed by atoms with Crippen LogP contribution in [0.15, 0.2) is 0 Å². The summed E-state index contributed by atoms with van der Waals surface area (Å²) in [5.41, 5.74) is 0. The molecule has 0 N–H and O–H groups in total. The van der Waals surface area contributed by atoms with Crippen LogP contribution in [0.5, 0.6) is 0 Å². The van der Waals surface area contributed by atoms with E-state index in [0.717, 1.165) is 64.2 Å². The van der Waals surface area contributed by atoms with Gasteiger partial charge in [-0.15, -0.1) is 0 Å². The van der Waals surface area contributed by atoms with Crippen molar-refractivity contribution in [2.24, 2.45) is 0 Å². The summed E-state index contributed by atoms with van der Waals surface area (Å²) in [6, 6.07) is 0. The smallest absolute Gasteiger partial charge is 0.306 e. The lowest BCUT2D eigenvalue weighted by atomic mass is 10.0. The summed E-state index contributed by atoms with van der Waals surface area (Å²) in [5.74, 6) is -0.862. The van der Waals surface area contributed by atoms with E-state index in [-0.39, 0.29) is 31.1 Å². The summed E-state index contributed by atoms with van der Waals surface area (Å²) >= 11 is 0. The van der Waals surface area contributed by atoms with Gasteiger partial charge in [0.2, 0.25) is 0 Å². The van der Waals surface area contributed by atoms with Crippen LogP contribution >= 0.6 is 0 Å². The fraction of sp³-hybridized carbons (Fsp3) is 0.938. The van der Waals surface area contributed by atoms with Gasteiger partial charge in [-0.05, 0) is 19.3 Å². The Hall–Kier alpha value is -1.59. The van der Waals surface area contributed by atoms with Crippen molar-refractivity contribution in [1.82, 2.24) is 0 Å². The van der Waals surface area contributed by atoms with Crippen LogP contribution in [0.1, 0.15) is 271 Å². The average Bonchev–Trinajstić information content (AvgIpc) is 3.17. The molecule has 0 saturated heterocycles. The molecular formula is C48H92O6. The Morgan fingerprint density at radius 2 is 0.500 bits per heavy atom. The number of hydrogen-bond acceptors (Lipinski definition) is 6. The fourth-order valence-corrected chi connectivity index (χ4v) is 7.21. The normalized spacial score (nSPS) is 11.8. The van der Waals surface area contributed by atoms with Crippen LogP contribution in [0.4, 0.5) is 0 Å². The molecule has 0 heterocycles. The summed E-state index contributed by atoms with van der Waals surface area (Å²) in [6.07, 6.45) is 45.4. The summed E-state index contributed by atoms with van der Waals surface area (Å²) < 4.78 is 16.6. The topological polar surface area (TPSA) is 78.9 Å². The standard InChI is InChI=1S/C48H92O6/c1-4-7-10-13-15-17-19-21-23-24-25-27-28-30-32-35-38-41-47(50)53-44-45(43-52-46(49)40-37-34-12-9-6-3)54-48(51)42-39-36-33-31-29-26-22-20-18-16-14-11-8-5-2/h45H,4-44H2,1-3H3. The van der Waals surface area contributed by atoms with Crippen LogP contribution in [0, 0.1) is 0 Å². The number of carbonyl (C=O) groups excluding carboxylic acids is 3. The van der Waals surface area contributed by atoms with Gasteiger partial charge in [-0.2, -0.15) is 0 Å². The molecule has 0 saturated carbocycles. The number of unbranched alkanes of at least 4 members (excludes halogenated alkanes) is 33. The number of rotatable bonds is 44. The molecule has 0 rings (SSSR count). The van der Waals surface area contributed by atoms with Crippen LogP contribution < -0.4 is 0 Å². The average molecular weight is 765 g/mol. The monoisotopic (exact) mass is 765 g/mol. The van der Waals surface area contributed by atoms with Crippen LogP contribution in [-0.2, 0) is 28.6 Å². The first-order valence-electron chi connectivity index (χ1n) is 24.0. The van der Waals surface area contributed by atoms with Crippen molar-refractivity contribution in [3.63, 3.8) is 0 Å². The van der Waals surface area contributed by atoms with Gasteiger partial charge >= 0.3 is 17.9 Å². The van der Waals surface area contributed by atoms with E-state index in [1.807, 2.05) is 0 Å². The van der Waals surface area contributed by atoms with E-state index >= 15 is 0 Å². The van der Waals surface area contributed by atoms with E-state index in [1.165, 1.54) is 167 Å². The van der Waals surface area contributed by atoms with Gasteiger partial charge in [-0.1, -0.05) is 233 Å². The third-order valence-electron chi connectivity index (χ3n) is 10.9. The first-order valence-corrected chi connectivity index (χ1v) is 24.0. The van der Waals surface area contributed by atoms with Crippen molar-refractivity contribution in [2.45, 2.75) is 277 Å². The van der Waals surface area contributed by atoms with Gasteiger partial charge < -0.3 is 14.2 Å². The minimum absolute atomic E-state index is 0.0634. The van der Waals surface area contributed by atoms with E-state index < -0.39 is 6.10 Å². The summed E-state index contributed by atoms with van der Waals surface area (Å²) in [6.45, 7) is 6.59. The van der Waals surface area contributed by atoms with Crippen molar-refractivity contribution < 1.29 is 28.6 Å². The molecule has 54 heavy (non-hydrogen) atoms. The van der Waals surface area contributed by atoms with Crippen molar-refractivity contribution in [3.8, 4) is 0 Å². The highest BCUT2D eigenvalue weighted by Gasteiger charge is 2.19. The molecule has 6 nitrogen and oxygen atoms in total. The van der Waals surface area contributed by atoms with Crippen molar-refractivity contribution in [1.29, 1.82) is 0 Å². The fourth-order valence-electron chi connectivity index (χ4n) is 7.21. The second kappa shape index (κ2) is 44.1. The van der Waals surface area contributed by atoms with Crippen molar-refractivity contribution in [2.75, 3.05) is 13.2 Å². The molecule has 0 radical (unpaired) electrons. The quantitative estimate of drug-likeness (QED) is 0.0349. The predicted molar refractivity (Wildman–Crippen MR) is 229 cm³/mol. The van der Waals surface area contributed by atoms with Gasteiger partial charge in [0.05, 0.1) is 0 Å². The Bertz CT molecular complexity index is 798. The maximum Gasteiger partial charge on any atom is 0.306 e. The van der Waals surface area contributed by atoms with E-state index in [9.17, 15) is 14.4 Å². The Morgan fingerprint density at radius 3 is 0.741 bits per heavy atom. The molecule has 320 valence electrons. The summed E-state index contributed by atoms with van der Waals surface area (Å²) in [5, 5.41) is 0. The van der Waals surface area contributed by atoms with Gasteiger partial charge in [0.25, 0.3) is 0 Å². The zero-order valence-electron chi connectivity index (χ0n) is 36.5. The molecule has 0 amide bonds. The number of esters is 3. The molecular weight excluding hydrogens is 673 g/mol. The lowest BCUT2D eigenvalue weighted by Gasteiger charge is -2.18. The zero-order chi connectivity index (χ0) is 39.4. The first kappa shape index (κ1) is 52.4. The minimum atomic E-state index is -0.757. The second-order valence-electron chi connectivity index (χ2n) is 16.4. The lowest BCUT2D eigenvalue weighted by Crippen LogP contribution is -2.30. The Labute approximate surface area is 336 Å². The van der Waals surface area contributed by atoms with Crippen LogP contribution in [-0.4, -0.2) is 37.2 Å². The highest BCUT2D eigenvalue weighted by molar-refractivity contribution is 5.71. The highest BCUT2D eigenvalue weighted by atomic mass is 16.6. The lowest BCUT2D eigenvalue weighted by molar-refractivity contribution is -0.167. The van der Waals surface area contributed by atoms with Crippen LogP contribution in [0.3, 0.4) is 0 Å². The van der Waals surface area contributed by atoms with E-state index in [0.29, 0.717) is 19.3 Å². The van der Waals surface area contributed by atoms with E-state index in [1.54, 1.807) is 0 Å². The van der Waals surface area contributed by atoms with Gasteiger partial charge in [0.15, 0.2) is 6.10 Å². The largest absolute Gasteiger partial charge is 0.462 e. The third-order valence-corrected chi connectivity index (χ3v) is 10.9. The molecule has 0 aromatic carbocycles. The Morgan fingerprint density at radius 1 is 0.296 bits per heavy atom. The molecule has 0 aliphatic heterocycles. The second-order valence-corrected chi connectivity index (χ2v) is 16.4. The molecule has 0 spiro atoms. The molecule has 1 unspecified atom stereocenters. The Kier molecular flexibility index (Phi) is 42.8. The predicted octanol–water partition coefficient (Wildman–Crippen LogP) is 15.3. The van der Waals surface area contributed by atoms with Gasteiger partial charge in [0.1, 0.15) is 13.2 Å². The maximum absolute atomic E-state index is 12.7. The molecule has 1 atom stereocenters. The first-order chi connectivity index (χ1) is 26.5. The maximum atomic E-state index is 12.7. The van der Waals surface area contributed by atoms with Gasteiger partial charge in [-0.25, -0.2) is 0 Å². The van der Waals surface area contributed by atoms with Gasteiger partial charge in [-0.3, -0.25) is 14.4 Å². The number of ether oxygens (including phenoxy) is 3. The van der Waals surface area contributed by atoms with Crippen LogP contribution in [0.2, 0.25) is 0 Å². The molecule has 0 aliphatic carbocycles. The molecule has 0 fully saturated rings. The molecule has 0 aliphatic rings.